The van der Waals surface area contributed by atoms with Gasteiger partial charge in [0.05, 0.1) is 11.1 Å². The summed E-state index contributed by atoms with van der Waals surface area (Å²) in [6, 6.07) is 12.5. The lowest BCUT2D eigenvalue weighted by molar-refractivity contribution is 0.267. The summed E-state index contributed by atoms with van der Waals surface area (Å²) in [5.41, 5.74) is 2.27. The predicted molar refractivity (Wildman–Crippen MR) is 117 cm³/mol. The van der Waals surface area contributed by atoms with Crippen LogP contribution in [0.4, 0.5) is 0 Å². The van der Waals surface area contributed by atoms with Crippen molar-refractivity contribution in [1.29, 1.82) is 0 Å². The van der Waals surface area contributed by atoms with Gasteiger partial charge in [0, 0.05) is 17.6 Å². The Kier molecular flexibility index (Phi) is 9.24. The molecule has 0 aromatic heterocycles. The number of ether oxygens (including phenoxy) is 2. The average Bonchev–Trinajstić information content (AvgIpc) is 3.14. The number of nitrogens with one attached hydrogen (secondary N) is 1. The molecule has 1 aliphatic rings. The van der Waals surface area contributed by atoms with E-state index in [4.69, 9.17) is 21.1 Å². The van der Waals surface area contributed by atoms with E-state index in [1.165, 1.54) is 31.2 Å². The van der Waals surface area contributed by atoms with E-state index in [-0.39, 0.29) is 12.4 Å². The third kappa shape index (κ3) is 6.56. The molecule has 1 saturated carbocycles. The van der Waals surface area contributed by atoms with Crippen LogP contribution >= 0.6 is 39.9 Å². The monoisotopic (exact) mass is 473 g/mol. The summed E-state index contributed by atoms with van der Waals surface area (Å²) in [7, 11) is 0. The maximum atomic E-state index is 6.04. The van der Waals surface area contributed by atoms with Gasteiger partial charge in [0.2, 0.25) is 0 Å². The van der Waals surface area contributed by atoms with Gasteiger partial charge in [-0.3, -0.25) is 0 Å². The van der Waals surface area contributed by atoms with E-state index in [1.807, 2.05) is 31.2 Å². The van der Waals surface area contributed by atoms with E-state index in [2.05, 4.69) is 33.4 Å². The van der Waals surface area contributed by atoms with Gasteiger partial charge >= 0.3 is 0 Å². The minimum Gasteiger partial charge on any atom is -0.490 e. The van der Waals surface area contributed by atoms with Crippen LogP contribution in [-0.4, -0.2) is 12.6 Å². The highest BCUT2D eigenvalue weighted by Gasteiger charge is 2.16. The van der Waals surface area contributed by atoms with Crippen LogP contribution in [-0.2, 0) is 13.2 Å². The second-order valence-corrected chi connectivity index (χ2v) is 7.91. The normalized spacial score (nSPS) is 14.0. The Balaban J connectivity index is 0.00000261. The molecule has 0 bridgehead atoms. The zero-order valence-corrected chi connectivity index (χ0v) is 18.6. The van der Waals surface area contributed by atoms with Crippen LogP contribution in [0.2, 0.25) is 5.02 Å². The molecule has 1 fully saturated rings. The first kappa shape index (κ1) is 22.4. The van der Waals surface area contributed by atoms with Crippen molar-refractivity contribution in [2.24, 2.45) is 0 Å². The zero-order chi connectivity index (χ0) is 18.4. The summed E-state index contributed by atoms with van der Waals surface area (Å²) in [6.45, 7) is 3.90. The van der Waals surface area contributed by atoms with E-state index in [9.17, 15) is 0 Å². The first-order valence-corrected chi connectivity index (χ1v) is 10.4. The number of rotatable bonds is 8. The van der Waals surface area contributed by atoms with Crippen LogP contribution in [0.25, 0.3) is 0 Å². The van der Waals surface area contributed by atoms with Gasteiger partial charge in [0.1, 0.15) is 6.61 Å². The standard InChI is InChI=1S/C21H25BrClNO2.ClH/c1-2-25-20-12-16(13-24-18-5-3-4-6-18)11-19(22)21(20)26-14-15-7-9-17(23)10-8-15;/h7-12,18,24H,2-6,13-14H2,1H3;1H. The molecule has 0 amide bonds. The lowest BCUT2D eigenvalue weighted by Crippen LogP contribution is -2.25. The minimum atomic E-state index is 0. The number of halogens is 3. The average molecular weight is 475 g/mol. The molecule has 0 spiro atoms. The van der Waals surface area contributed by atoms with Gasteiger partial charge in [-0.05, 0) is 71.1 Å². The highest BCUT2D eigenvalue weighted by atomic mass is 79.9. The van der Waals surface area contributed by atoms with E-state index < -0.39 is 0 Å². The maximum Gasteiger partial charge on any atom is 0.175 e. The van der Waals surface area contributed by atoms with E-state index >= 15 is 0 Å². The Hall–Kier alpha value is -0.940. The van der Waals surface area contributed by atoms with E-state index in [0.717, 1.165) is 33.1 Å². The van der Waals surface area contributed by atoms with Crippen molar-refractivity contribution in [3.63, 3.8) is 0 Å². The highest BCUT2D eigenvalue weighted by Crippen LogP contribution is 2.37. The molecule has 148 valence electrons. The maximum absolute atomic E-state index is 6.04. The third-order valence-corrected chi connectivity index (χ3v) is 5.46. The molecule has 0 heterocycles. The van der Waals surface area contributed by atoms with Gasteiger partial charge in [-0.1, -0.05) is 36.6 Å². The van der Waals surface area contributed by atoms with Crippen molar-refractivity contribution in [2.75, 3.05) is 6.61 Å². The van der Waals surface area contributed by atoms with Crippen molar-refractivity contribution in [3.05, 3.63) is 57.0 Å². The molecular formula is C21H26BrCl2NO2. The summed E-state index contributed by atoms with van der Waals surface area (Å²) < 4.78 is 12.8. The number of hydrogen-bond acceptors (Lipinski definition) is 3. The number of benzene rings is 2. The van der Waals surface area contributed by atoms with Gasteiger partial charge in [-0.25, -0.2) is 0 Å². The van der Waals surface area contributed by atoms with Crippen LogP contribution in [0.1, 0.15) is 43.7 Å². The van der Waals surface area contributed by atoms with E-state index in [1.54, 1.807) is 0 Å². The van der Waals surface area contributed by atoms with Crippen molar-refractivity contribution in [3.8, 4) is 11.5 Å². The molecule has 1 aliphatic carbocycles. The van der Waals surface area contributed by atoms with Gasteiger partial charge < -0.3 is 14.8 Å². The molecule has 0 radical (unpaired) electrons. The fourth-order valence-electron chi connectivity index (χ4n) is 3.25. The lowest BCUT2D eigenvalue weighted by Gasteiger charge is -2.17. The summed E-state index contributed by atoms with van der Waals surface area (Å²) in [5.74, 6) is 1.52. The quantitative estimate of drug-likeness (QED) is 0.471. The Morgan fingerprint density at radius 2 is 1.78 bits per heavy atom. The molecule has 0 atom stereocenters. The summed E-state index contributed by atoms with van der Waals surface area (Å²) in [6.07, 6.45) is 5.23. The molecule has 0 saturated heterocycles. The highest BCUT2D eigenvalue weighted by molar-refractivity contribution is 9.10. The Morgan fingerprint density at radius 1 is 1.07 bits per heavy atom. The molecule has 3 rings (SSSR count). The third-order valence-electron chi connectivity index (χ3n) is 4.62. The summed E-state index contributed by atoms with van der Waals surface area (Å²) >= 11 is 9.59. The summed E-state index contributed by atoms with van der Waals surface area (Å²) in [5, 5.41) is 4.37. The lowest BCUT2D eigenvalue weighted by atomic mass is 10.1. The van der Waals surface area contributed by atoms with Crippen LogP contribution in [0.3, 0.4) is 0 Å². The second-order valence-electron chi connectivity index (χ2n) is 6.62. The Labute approximate surface area is 181 Å². The van der Waals surface area contributed by atoms with Crippen LogP contribution < -0.4 is 14.8 Å². The van der Waals surface area contributed by atoms with Crippen molar-refractivity contribution in [1.82, 2.24) is 5.32 Å². The van der Waals surface area contributed by atoms with Crippen LogP contribution in [0.5, 0.6) is 11.5 Å². The smallest absolute Gasteiger partial charge is 0.175 e. The molecule has 0 aliphatic heterocycles. The fourth-order valence-corrected chi connectivity index (χ4v) is 3.98. The van der Waals surface area contributed by atoms with Crippen LogP contribution in [0, 0.1) is 0 Å². The van der Waals surface area contributed by atoms with E-state index in [0.29, 0.717) is 19.3 Å². The van der Waals surface area contributed by atoms with Gasteiger partial charge in [0.15, 0.2) is 11.5 Å². The Bertz CT molecular complexity index is 719. The SMILES string of the molecule is CCOc1cc(CNC2CCCC2)cc(Br)c1OCc1ccc(Cl)cc1.Cl. The first-order valence-electron chi connectivity index (χ1n) is 9.21. The first-order chi connectivity index (χ1) is 12.7. The van der Waals surface area contributed by atoms with Crippen molar-refractivity contribution < 1.29 is 9.47 Å². The van der Waals surface area contributed by atoms with Crippen molar-refractivity contribution >= 4 is 39.9 Å². The number of hydrogen-bond donors (Lipinski definition) is 1. The molecule has 0 unspecified atom stereocenters. The molecule has 27 heavy (non-hydrogen) atoms. The minimum absolute atomic E-state index is 0. The molecule has 1 N–H and O–H groups in total. The van der Waals surface area contributed by atoms with Crippen LogP contribution in [0.15, 0.2) is 40.9 Å². The molecule has 2 aromatic carbocycles. The molecular weight excluding hydrogens is 449 g/mol. The fraction of sp³-hybridized carbons (Fsp3) is 0.429. The molecule has 3 nitrogen and oxygen atoms in total. The van der Waals surface area contributed by atoms with Gasteiger partial charge in [-0.15, -0.1) is 12.4 Å². The zero-order valence-electron chi connectivity index (χ0n) is 15.5. The largest absolute Gasteiger partial charge is 0.490 e. The van der Waals surface area contributed by atoms with Crippen molar-refractivity contribution in [2.45, 2.75) is 51.8 Å². The summed E-state index contributed by atoms with van der Waals surface area (Å²) in [4.78, 5) is 0. The topological polar surface area (TPSA) is 30.5 Å². The predicted octanol–water partition coefficient (Wildman–Crippen LogP) is 6.53. The van der Waals surface area contributed by atoms with Gasteiger partial charge in [0.25, 0.3) is 0 Å². The molecule has 6 heteroatoms. The molecule has 2 aromatic rings. The Morgan fingerprint density at radius 3 is 2.44 bits per heavy atom. The van der Waals surface area contributed by atoms with Gasteiger partial charge in [-0.2, -0.15) is 0 Å². The second kappa shape index (κ2) is 11.2.